The number of halogens is 12. The molecule has 15 aromatic rings. The smallest absolute Gasteiger partial charge is 0.433 e. The highest BCUT2D eigenvalue weighted by Crippen LogP contribution is 2.39. The summed E-state index contributed by atoms with van der Waals surface area (Å²) < 4.78 is 163. The Hall–Kier alpha value is -16.8. The van der Waals surface area contributed by atoms with Crippen molar-refractivity contribution in [3.63, 3.8) is 0 Å². The van der Waals surface area contributed by atoms with Gasteiger partial charge in [-0.25, -0.2) is 24.7 Å². The van der Waals surface area contributed by atoms with Crippen molar-refractivity contribution in [3.8, 4) is 0 Å². The maximum absolute atomic E-state index is 13.4. The van der Waals surface area contributed by atoms with Gasteiger partial charge in [-0.15, -0.1) is 0 Å². The van der Waals surface area contributed by atoms with Crippen LogP contribution < -0.4 is 51.5 Å². The van der Waals surface area contributed by atoms with Gasteiger partial charge >= 0.3 is 30.8 Å². The van der Waals surface area contributed by atoms with E-state index in [-0.39, 0.29) is 52.4 Å². The van der Waals surface area contributed by atoms with Crippen molar-refractivity contribution in [2.75, 3.05) is 99.5 Å². The van der Waals surface area contributed by atoms with E-state index in [4.69, 9.17) is 4.74 Å². The van der Waals surface area contributed by atoms with Crippen LogP contribution in [0.5, 0.6) is 0 Å². The number of alkyl halides is 12. The van der Waals surface area contributed by atoms with Gasteiger partial charge in [0.25, 0.3) is 0 Å². The highest BCUT2D eigenvalue weighted by molar-refractivity contribution is 6.07. The number of H-pyrrole nitrogens is 5. The van der Waals surface area contributed by atoms with Crippen LogP contribution in [0.2, 0.25) is 0 Å². The number of nitrogens with one attached hydrogen (secondary N) is 11. The summed E-state index contributed by atoms with van der Waals surface area (Å²) in [6, 6.07) is 50.0. The molecule has 0 spiro atoms. The molecule has 0 aliphatic carbocycles. The summed E-state index contributed by atoms with van der Waals surface area (Å²) >= 11 is 0. The number of amides is 6. The van der Waals surface area contributed by atoms with Crippen molar-refractivity contribution in [3.05, 3.63) is 306 Å². The number of pyridine rings is 5. The number of piperidine rings is 3. The molecule has 0 unspecified atom stereocenters. The van der Waals surface area contributed by atoms with Crippen LogP contribution in [0, 0.1) is 0 Å². The van der Waals surface area contributed by atoms with Crippen LogP contribution in [0.4, 0.5) is 109 Å². The number of alkyl carbamates (subject to hydrolysis) is 1. The Morgan fingerprint density at radius 1 is 0.342 bits per heavy atom. The molecule has 3 aliphatic heterocycles. The van der Waals surface area contributed by atoms with Crippen molar-refractivity contribution >= 4 is 172 Å². The fourth-order valence-electron chi connectivity index (χ4n) is 16.4. The van der Waals surface area contributed by atoms with Crippen molar-refractivity contribution in [1.29, 1.82) is 0 Å². The SMILES string of the molecule is CC(C)(C)OC(=O)NC1CCN(c2nc(C(F)(F)F)ccc2/C=C/C(=O)Nc2ccc3[nH]ccc3c2)CC1.CC(C)(C)c1ccc(/C=C/C(=O)Nc2ccc3[nH]ccc3c2)cn1.CN(C)c1nc(C(F)(F)F)ccc1/C=C/C(=O)Nc1ccc2[nH]ccc2c1.O=C(/C=C/c1ccc(C(F)(F)F)nc1N1CCCCC1)Nc1ccc2[nH]ccc2c1.O=C(/C=C/c1ccc(C(F)(F)F)nc1N1CCCCC1)Nc1ccc2cc[nH]c2c1. The van der Waals surface area contributed by atoms with E-state index in [1.165, 1.54) is 83.8 Å². The molecule has 6 amide bonds. The number of hydrogen-bond acceptors (Lipinski definition) is 16. The summed E-state index contributed by atoms with van der Waals surface area (Å²) in [5.74, 6) is -0.926. The van der Waals surface area contributed by atoms with E-state index >= 15 is 0 Å². The molecule has 10 aromatic heterocycles. The van der Waals surface area contributed by atoms with E-state index in [1.807, 2.05) is 138 Å². The molecule has 776 valence electrons. The number of carbonyl (C=O) groups excluding carboxylic acids is 6. The number of nitrogens with zero attached hydrogens (tertiary/aromatic N) is 9. The highest BCUT2D eigenvalue weighted by Gasteiger charge is 2.38. The molecule has 0 bridgehead atoms. The largest absolute Gasteiger partial charge is 0.444 e. The first-order valence-electron chi connectivity index (χ1n) is 47.9. The number of carbonyl (C=O) groups is 6. The predicted molar refractivity (Wildman–Crippen MR) is 561 cm³/mol. The topological polar surface area (TPSA) is 340 Å². The molecule has 0 radical (unpaired) electrons. The second-order valence-corrected chi connectivity index (χ2v) is 37.6. The minimum atomic E-state index is -4.61. The van der Waals surface area contributed by atoms with Crippen LogP contribution in [-0.2, 0) is 58.8 Å². The average Bonchev–Trinajstić information content (AvgIpc) is 1.79. The van der Waals surface area contributed by atoms with Crippen LogP contribution in [0.1, 0.15) is 149 Å². The molecule has 27 nitrogen and oxygen atoms in total. The minimum Gasteiger partial charge on any atom is -0.444 e. The molecule has 18 rings (SSSR count). The number of fused-ring (bicyclic) bond motifs is 5. The number of rotatable bonds is 20. The van der Waals surface area contributed by atoms with E-state index < -0.39 is 71.0 Å². The van der Waals surface area contributed by atoms with Crippen LogP contribution in [0.15, 0.2) is 250 Å². The van der Waals surface area contributed by atoms with E-state index in [2.05, 4.69) is 103 Å². The Morgan fingerprint density at radius 2 is 0.651 bits per heavy atom. The third-order valence-electron chi connectivity index (χ3n) is 23.8. The zero-order valence-corrected chi connectivity index (χ0v) is 82.5. The number of hydrogen-bond donors (Lipinski definition) is 11. The molecule has 3 saturated heterocycles. The molecule has 39 heteroatoms. The third-order valence-corrected chi connectivity index (χ3v) is 23.8. The Kier molecular flexibility index (Phi) is 34.5. The monoisotopic (exact) mass is 2050 g/mol. The zero-order valence-electron chi connectivity index (χ0n) is 82.5. The number of benzene rings is 5. The molecular weight excluding hydrogens is 1940 g/mol. The van der Waals surface area contributed by atoms with Gasteiger partial charge in [-0.2, -0.15) is 52.7 Å². The summed E-state index contributed by atoms with van der Waals surface area (Å²) in [6.45, 7) is 15.0. The molecule has 149 heavy (non-hydrogen) atoms. The summed E-state index contributed by atoms with van der Waals surface area (Å²) in [5, 5.41) is 21.7. The zero-order chi connectivity index (χ0) is 107. The van der Waals surface area contributed by atoms with Gasteiger partial charge in [0.15, 0.2) is 0 Å². The molecule has 3 aliphatic rings. The quantitative estimate of drug-likeness (QED) is 0.0249. The van der Waals surface area contributed by atoms with E-state index in [1.54, 1.807) is 88.7 Å². The predicted octanol–water partition coefficient (Wildman–Crippen LogP) is 25.0. The summed E-state index contributed by atoms with van der Waals surface area (Å²) in [6.07, 6.45) is 13.3. The Bertz CT molecular complexity index is 7230. The van der Waals surface area contributed by atoms with Crippen LogP contribution in [0.25, 0.3) is 84.9 Å². The van der Waals surface area contributed by atoms with Crippen LogP contribution >= 0.6 is 0 Å². The fourth-order valence-corrected chi connectivity index (χ4v) is 16.4. The first kappa shape index (κ1) is 108. The van der Waals surface area contributed by atoms with Gasteiger partial charge in [-0.05, 0) is 283 Å². The fraction of sp³-hybridized carbons (Fsp3) is 0.264. The highest BCUT2D eigenvalue weighted by atomic mass is 19.4. The lowest BCUT2D eigenvalue weighted by atomic mass is 9.91. The maximum atomic E-state index is 13.4. The van der Waals surface area contributed by atoms with Crippen LogP contribution in [-0.4, -0.2) is 150 Å². The minimum absolute atomic E-state index is 0.0243. The first-order valence-corrected chi connectivity index (χ1v) is 47.9. The number of aromatic amines is 5. The number of ether oxygens (including phenoxy) is 1. The summed E-state index contributed by atoms with van der Waals surface area (Å²) in [7, 11) is 3.18. The van der Waals surface area contributed by atoms with Gasteiger partial charge in [0.2, 0.25) is 29.5 Å². The standard InChI is InChI=1S/C27H30F3N5O3.2C22H21F3N4O.C20H21N3O.C19H17F3N4O/c1-26(2,3)38-25(37)33-19-11-14-35(15-12-19)24-17(4-8-22(34-24)27(28,29)30)5-9-23(36)32-20-6-7-21-18(16-20)10-13-31-21;23-22(24,25)19-8-4-15(21(28-19)29-12-2-1-3-13-29)5-9-20(30)27-17-6-7-18-16(14-17)10-11-26-18;23-22(24,25)19-8-5-16(21(28-19)29-12-2-1-3-13-29)6-9-20(30)27-17-7-4-15-10-11-26-18(15)14-17;1-20(2,3)18-8-4-14(13-22-18)5-9-19(24)23-16-6-7-17-15(12-16)10-11-21-17;1-26(2)18-12(3-7-16(25-18)19(20,21)22)4-8-17(27)24-14-5-6-15-13(11-14)9-10-23-15/h4-10,13,16,19,31H,11-12,14-15H2,1-3H3,(H,32,36)(H,33,37);2*4-11,14,26H,1-3,12-13H2,(H,27,30);4-13,21H,1-3H3,(H,23,24);3-11,23H,1-2H3,(H,24,27)/b2*9-5+;9-6+;9-5+;8-4+. The van der Waals surface area contributed by atoms with Gasteiger partial charge in [0.1, 0.15) is 51.6 Å². The van der Waals surface area contributed by atoms with Gasteiger partial charge in [-0.1, -0.05) is 32.9 Å². The van der Waals surface area contributed by atoms with Crippen molar-refractivity contribution < 1.29 is 86.2 Å². The molecule has 13 heterocycles. The number of aromatic nitrogens is 10. The van der Waals surface area contributed by atoms with E-state index in [0.29, 0.717) is 97.1 Å². The van der Waals surface area contributed by atoms with Crippen LogP contribution in [0.3, 0.4) is 0 Å². The maximum Gasteiger partial charge on any atom is 0.433 e. The second-order valence-electron chi connectivity index (χ2n) is 37.6. The van der Waals surface area contributed by atoms with E-state index in [9.17, 15) is 81.5 Å². The first-order chi connectivity index (χ1) is 70.8. The third kappa shape index (κ3) is 30.9. The van der Waals surface area contributed by atoms with Crippen molar-refractivity contribution in [1.82, 2.24) is 55.2 Å². The van der Waals surface area contributed by atoms with E-state index in [0.717, 1.165) is 134 Å². The normalized spacial score (nSPS) is 14.0. The Labute approximate surface area is 849 Å². The average molecular weight is 2050 g/mol. The van der Waals surface area contributed by atoms with Gasteiger partial charge in [0.05, 0.1) is 0 Å². The van der Waals surface area contributed by atoms with Gasteiger partial charge in [-0.3, -0.25) is 29.0 Å². The molecule has 3 fully saturated rings. The Morgan fingerprint density at radius 3 is 0.987 bits per heavy atom. The molecule has 11 N–H and O–H groups in total. The van der Waals surface area contributed by atoms with Crippen molar-refractivity contribution in [2.24, 2.45) is 0 Å². The Balaban J connectivity index is 0.000000148. The van der Waals surface area contributed by atoms with Crippen molar-refractivity contribution in [2.45, 2.75) is 135 Å². The second kappa shape index (κ2) is 47.6. The molecular formula is C110H110F12N20O7. The van der Waals surface area contributed by atoms with Gasteiger partial charge < -0.3 is 81.2 Å². The summed E-state index contributed by atoms with van der Waals surface area (Å²) in [5.41, 5.74) is 7.30. The molecule has 5 aromatic carbocycles. The lowest BCUT2D eigenvalue weighted by molar-refractivity contribution is -0.141. The van der Waals surface area contributed by atoms with Gasteiger partial charge in [0, 0.05) is 238 Å². The molecule has 0 atom stereocenters. The lowest BCUT2D eigenvalue weighted by Gasteiger charge is -2.34. The number of anilines is 9. The summed E-state index contributed by atoms with van der Waals surface area (Å²) in [4.78, 5) is 116. The molecule has 0 saturated carbocycles. The lowest BCUT2D eigenvalue weighted by Crippen LogP contribution is -2.46.